The molecule has 1 aliphatic heterocycles. The van der Waals surface area contributed by atoms with E-state index in [2.05, 4.69) is 39.1 Å². The van der Waals surface area contributed by atoms with Gasteiger partial charge in [0.15, 0.2) is 0 Å². The summed E-state index contributed by atoms with van der Waals surface area (Å²) in [5.41, 5.74) is 2.84. The Labute approximate surface area is 161 Å². The predicted octanol–water partition coefficient (Wildman–Crippen LogP) is 3.65. The lowest BCUT2D eigenvalue weighted by molar-refractivity contribution is 0.0710. The van der Waals surface area contributed by atoms with Gasteiger partial charge in [0.05, 0.1) is 17.3 Å². The zero-order valence-electron chi connectivity index (χ0n) is 15.1. The molecule has 0 unspecified atom stereocenters. The lowest BCUT2D eigenvalue weighted by atomic mass is 10.0. The molecule has 1 aromatic carbocycles. The van der Waals surface area contributed by atoms with Crippen LogP contribution in [0.2, 0.25) is 0 Å². The van der Waals surface area contributed by atoms with Crippen LogP contribution in [0.15, 0.2) is 53.5 Å². The van der Waals surface area contributed by atoms with E-state index in [1.54, 1.807) is 11.3 Å². The van der Waals surface area contributed by atoms with Gasteiger partial charge in [-0.15, -0.1) is 0 Å². The zero-order chi connectivity index (χ0) is 18.4. The molecule has 0 bridgehead atoms. The first kappa shape index (κ1) is 16.5. The molecule has 4 heterocycles. The average Bonchev–Trinajstić information content (AvgIpc) is 3.36. The molecule has 1 aliphatic rings. The molecule has 4 aromatic rings. The van der Waals surface area contributed by atoms with E-state index in [1.807, 2.05) is 40.9 Å². The lowest BCUT2D eigenvalue weighted by Gasteiger charge is -2.32. The Morgan fingerprint density at radius 3 is 2.89 bits per heavy atom. The number of benzene rings is 1. The van der Waals surface area contributed by atoms with Gasteiger partial charge in [0, 0.05) is 48.2 Å². The highest BCUT2D eigenvalue weighted by molar-refractivity contribution is 7.08. The highest BCUT2D eigenvalue weighted by Crippen LogP contribution is 2.29. The zero-order valence-corrected chi connectivity index (χ0v) is 15.9. The number of pyridine rings is 1. The van der Waals surface area contributed by atoms with Crippen LogP contribution in [0.25, 0.3) is 27.7 Å². The summed E-state index contributed by atoms with van der Waals surface area (Å²) in [6.45, 7) is 4.41. The number of hydrogen-bond acceptors (Lipinski definition) is 4. The fourth-order valence-corrected chi connectivity index (χ4v) is 4.53. The van der Waals surface area contributed by atoms with Crippen molar-refractivity contribution in [3.05, 3.63) is 59.0 Å². The van der Waals surface area contributed by atoms with E-state index in [0.717, 1.165) is 52.9 Å². The van der Waals surface area contributed by atoms with Gasteiger partial charge < -0.3 is 10.2 Å². The Morgan fingerprint density at radius 2 is 2.11 bits per heavy atom. The summed E-state index contributed by atoms with van der Waals surface area (Å²) >= 11 is 1.65. The molecule has 0 radical (unpaired) electrons. The van der Waals surface area contributed by atoms with Crippen molar-refractivity contribution in [3.63, 3.8) is 0 Å². The smallest absolute Gasteiger partial charge is 0.256 e. The number of imidazole rings is 1. The predicted molar refractivity (Wildman–Crippen MR) is 109 cm³/mol. The molecule has 1 N–H and O–H groups in total. The summed E-state index contributed by atoms with van der Waals surface area (Å²) in [7, 11) is 0. The van der Waals surface area contributed by atoms with Crippen molar-refractivity contribution < 1.29 is 4.79 Å². The van der Waals surface area contributed by atoms with E-state index in [0.29, 0.717) is 6.04 Å². The molecule has 136 valence electrons. The number of amides is 1. The number of fused-ring (bicyclic) bond motifs is 3. The average molecular weight is 376 g/mol. The van der Waals surface area contributed by atoms with E-state index in [-0.39, 0.29) is 5.91 Å². The van der Waals surface area contributed by atoms with Gasteiger partial charge in [-0.05, 0) is 23.8 Å². The van der Waals surface area contributed by atoms with E-state index in [4.69, 9.17) is 0 Å². The SMILES string of the molecule is C[C@H]1CN(C(=O)c2cn3c(-c4ccsc4)ncc3c3ccccc23)CCN1. The highest BCUT2D eigenvalue weighted by atomic mass is 32.1. The van der Waals surface area contributed by atoms with Gasteiger partial charge in [-0.3, -0.25) is 9.20 Å². The van der Waals surface area contributed by atoms with Crippen molar-refractivity contribution in [1.29, 1.82) is 0 Å². The summed E-state index contributed by atoms with van der Waals surface area (Å²) in [5.74, 6) is 0.964. The number of rotatable bonds is 2. The Hall–Kier alpha value is -2.70. The Morgan fingerprint density at radius 1 is 1.26 bits per heavy atom. The number of thiophene rings is 1. The fraction of sp³-hybridized carbons (Fsp3) is 0.238. The van der Waals surface area contributed by atoms with Crippen molar-refractivity contribution in [2.24, 2.45) is 0 Å². The number of hydrogen-bond donors (Lipinski definition) is 1. The second kappa shape index (κ2) is 6.48. The Kier molecular flexibility index (Phi) is 3.95. The second-order valence-corrected chi connectivity index (χ2v) is 7.82. The molecule has 0 aliphatic carbocycles. The highest BCUT2D eigenvalue weighted by Gasteiger charge is 2.24. The largest absolute Gasteiger partial charge is 0.336 e. The molecule has 1 saturated heterocycles. The molecule has 5 rings (SSSR count). The minimum atomic E-state index is 0.0893. The maximum Gasteiger partial charge on any atom is 0.256 e. The molecule has 0 spiro atoms. The van der Waals surface area contributed by atoms with Gasteiger partial charge in [-0.25, -0.2) is 4.98 Å². The van der Waals surface area contributed by atoms with Crippen LogP contribution < -0.4 is 5.32 Å². The van der Waals surface area contributed by atoms with Crippen molar-refractivity contribution in [1.82, 2.24) is 19.6 Å². The first-order valence-corrected chi connectivity index (χ1v) is 10.1. The van der Waals surface area contributed by atoms with E-state index < -0.39 is 0 Å². The minimum absolute atomic E-state index is 0.0893. The molecular formula is C21H20N4OS. The number of nitrogens with zero attached hydrogens (tertiary/aromatic N) is 3. The summed E-state index contributed by atoms with van der Waals surface area (Å²) < 4.78 is 2.06. The van der Waals surface area contributed by atoms with Gasteiger partial charge in [0.25, 0.3) is 5.91 Å². The van der Waals surface area contributed by atoms with Gasteiger partial charge >= 0.3 is 0 Å². The maximum absolute atomic E-state index is 13.4. The number of aromatic nitrogens is 2. The topological polar surface area (TPSA) is 49.6 Å². The van der Waals surface area contributed by atoms with Crippen molar-refractivity contribution in [2.45, 2.75) is 13.0 Å². The quantitative estimate of drug-likeness (QED) is 0.581. The van der Waals surface area contributed by atoms with Crippen molar-refractivity contribution in [2.75, 3.05) is 19.6 Å². The number of carbonyl (C=O) groups excluding carboxylic acids is 1. The molecule has 27 heavy (non-hydrogen) atoms. The van der Waals surface area contributed by atoms with Crippen LogP contribution in [0.5, 0.6) is 0 Å². The number of nitrogens with one attached hydrogen (secondary N) is 1. The Bertz CT molecular complexity index is 1130. The van der Waals surface area contributed by atoms with E-state index >= 15 is 0 Å². The fourth-order valence-electron chi connectivity index (χ4n) is 3.89. The molecule has 0 saturated carbocycles. The first-order valence-electron chi connectivity index (χ1n) is 9.16. The van der Waals surface area contributed by atoms with Crippen LogP contribution >= 0.6 is 11.3 Å². The van der Waals surface area contributed by atoms with Gasteiger partial charge in [-0.2, -0.15) is 11.3 Å². The summed E-state index contributed by atoms with van der Waals surface area (Å²) in [4.78, 5) is 20.0. The molecule has 6 heteroatoms. The summed E-state index contributed by atoms with van der Waals surface area (Å²) in [6, 6.07) is 10.5. The van der Waals surface area contributed by atoms with E-state index in [1.165, 1.54) is 0 Å². The van der Waals surface area contributed by atoms with Crippen LogP contribution in [-0.2, 0) is 0 Å². The van der Waals surface area contributed by atoms with Gasteiger partial charge in [0.2, 0.25) is 0 Å². The third-order valence-corrected chi connectivity index (χ3v) is 5.90. The lowest BCUT2D eigenvalue weighted by Crippen LogP contribution is -2.51. The molecular weight excluding hydrogens is 356 g/mol. The molecule has 1 amide bonds. The third kappa shape index (κ3) is 2.72. The number of piperazine rings is 1. The van der Waals surface area contributed by atoms with Crippen LogP contribution in [0.1, 0.15) is 17.3 Å². The maximum atomic E-state index is 13.4. The van der Waals surface area contributed by atoms with Crippen molar-refractivity contribution >= 4 is 33.5 Å². The monoisotopic (exact) mass is 376 g/mol. The van der Waals surface area contributed by atoms with Crippen LogP contribution in [-0.4, -0.2) is 45.9 Å². The van der Waals surface area contributed by atoms with Crippen LogP contribution in [0, 0.1) is 0 Å². The minimum Gasteiger partial charge on any atom is -0.336 e. The van der Waals surface area contributed by atoms with Gasteiger partial charge in [0.1, 0.15) is 5.82 Å². The standard InChI is InChI=1S/C21H20N4OS/c1-14-11-24(8-7-22-14)21(26)18-12-25-19(17-5-3-2-4-16(17)18)10-23-20(25)15-6-9-27-13-15/h2-6,9-10,12-14,22H,7-8,11H2,1H3/t14-/m0/s1. The summed E-state index contributed by atoms with van der Waals surface area (Å²) in [5, 5.41) is 9.57. The Balaban J connectivity index is 1.72. The van der Waals surface area contributed by atoms with Crippen LogP contribution in [0.4, 0.5) is 0 Å². The summed E-state index contributed by atoms with van der Waals surface area (Å²) in [6.07, 6.45) is 3.86. The normalized spacial score (nSPS) is 17.7. The molecule has 1 fully saturated rings. The number of carbonyl (C=O) groups is 1. The third-order valence-electron chi connectivity index (χ3n) is 5.21. The van der Waals surface area contributed by atoms with Gasteiger partial charge in [-0.1, -0.05) is 24.3 Å². The first-order chi connectivity index (χ1) is 13.2. The second-order valence-electron chi connectivity index (χ2n) is 7.04. The molecule has 3 aromatic heterocycles. The molecule has 1 atom stereocenters. The molecule has 5 nitrogen and oxygen atoms in total. The van der Waals surface area contributed by atoms with Crippen molar-refractivity contribution in [3.8, 4) is 11.4 Å². The van der Waals surface area contributed by atoms with Crippen LogP contribution in [0.3, 0.4) is 0 Å². The van der Waals surface area contributed by atoms with E-state index in [9.17, 15) is 4.79 Å².